The summed E-state index contributed by atoms with van der Waals surface area (Å²) in [6.45, 7) is 0. The van der Waals surface area contributed by atoms with Crippen LogP contribution in [0.2, 0.25) is 0 Å². The molecule has 0 fully saturated rings. The van der Waals surface area contributed by atoms with Crippen molar-refractivity contribution in [2.45, 2.75) is 6.18 Å². The van der Waals surface area contributed by atoms with Gasteiger partial charge in [-0.1, -0.05) is 0 Å². The van der Waals surface area contributed by atoms with Gasteiger partial charge in [-0.05, 0) is 12.1 Å². The first kappa shape index (κ1) is 13.1. The Morgan fingerprint density at radius 1 is 1.29 bits per heavy atom. The second kappa shape index (κ2) is 4.52. The van der Waals surface area contributed by atoms with Crippen molar-refractivity contribution in [2.75, 3.05) is 14.2 Å². The Kier molecular flexibility index (Phi) is 3.50. The number of ether oxygens (including phenoxy) is 2. The molecule has 0 aliphatic carbocycles. The van der Waals surface area contributed by atoms with E-state index in [1.54, 1.807) is 0 Å². The number of rotatable bonds is 2. The molecule has 1 aromatic carbocycles. The van der Waals surface area contributed by atoms with Gasteiger partial charge in [-0.15, -0.1) is 0 Å². The van der Waals surface area contributed by atoms with E-state index in [9.17, 15) is 23.1 Å². The lowest BCUT2D eigenvalue weighted by atomic mass is 10.1. The zero-order chi connectivity index (χ0) is 13.2. The monoisotopic (exact) mass is 250 g/mol. The lowest BCUT2D eigenvalue weighted by Gasteiger charge is -2.13. The molecule has 0 saturated heterocycles. The van der Waals surface area contributed by atoms with Crippen molar-refractivity contribution < 1.29 is 32.5 Å². The van der Waals surface area contributed by atoms with Crippen LogP contribution in [0, 0.1) is 0 Å². The average Bonchev–Trinajstić information content (AvgIpc) is 2.26. The van der Waals surface area contributed by atoms with Crippen molar-refractivity contribution in [1.82, 2.24) is 0 Å². The van der Waals surface area contributed by atoms with Crippen molar-refractivity contribution in [1.29, 1.82) is 0 Å². The largest absolute Gasteiger partial charge is 0.504 e. The van der Waals surface area contributed by atoms with Crippen LogP contribution >= 0.6 is 0 Å². The van der Waals surface area contributed by atoms with Crippen molar-refractivity contribution >= 4 is 5.97 Å². The van der Waals surface area contributed by atoms with Gasteiger partial charge in [0.15, 0.2) is 11.5 Å². The van der Waals surface area contributed by atoms with Crippen molar-refractivity contribution in [3.05, 3.63) is 23.3 Å². The molecule has 0 spiro atoms. The molecule has 0 bridgehead atoms. The number of halogens is 3. The highest BCUT2D eigenvalue weighted by Gasteiger charge is 2.37. The van der Waals surface area contributed by atoms with E-state index >= 15 is 0 Å². The number of carbonyl (C=O) groups is 1. The molecule has 0 amide bonds. The minimum Gasteiger partial charge on any atom is -0.504 e. The molecule has 94 valence electrons. The van der Waals surface area contributed by atoms with Gasteiger partial charge in [0, 0.05) is 0 Å². The molecule has 1 rings (SSSR count). The first-order valence-corrected chi connectivity index (χ1v) is 4.37. The van der Waals surface area contributed by atoms with Gasteiger partial charge in [-0.2, -0.15) is 13.2 Å². The third-order valence-electron chi connectivity index (χ3n) is 2.03. The van der Waals surface area contributed by atoms with Gasteiger partial charge < -0.3 is 14.6 Å². The maximum atomic E-state index is 12.6. The van der Waals surface area contributed by atoms with Crippen LogP contribution in [-0.2, 0) is 10.9 Å². The molecule has 0 aliphatic rings. The van der Waals surface area contributed by atoms with Gasteiger partial charge >= 0.3 is 12.1 Å². The minimum atomic E-state index is -4.75. The Bertz CT molecular complexity index is 440. The molecule has 0 unspecified atom stereocenters. The molecular formula is C10H9F3O4. The summed E-state index contributed by atoms with van der Waals surface area (Å²) in [5.41, 5.74) is -1.99. The summed E-state index contributed by atoms with van der Waals surface area (Å²) < 4.78 is 46.7. The second-order valence-electron chi connectivity index (χ2n) is 3.06. The summed E-state index contributed by atoms with van der Waals surface area (Å²) in [4.78, 5) is 11.2. The van der Waals surface area contributed by atoms with E-state index in [1.165, 1.54) is 0 Å². The summed E-state index contributed by atoms with van der Waals surface area (Å²) in [7, 11) is 2.05. The van der Waals surface area contributed by atoms with E-state index in [4.69, 9.17) is 0 Å². The fraction of sp³-hybridized carbons (Fsp3) is 0.300. The van der Waals surface area contributed by atoms with Crippen LogP contribution < -0.4 is 4.74 Å². The van der Waals surface area contributed by atoms with Crippen LogP contribution in [0.1, 0.15) is 15.9 Å². The maximum Gasteiger partial charge on any atom is 0.417 e. The first-order chi connectivity index (χ1) is 7.81. The molecule has 1 aromatic rings. The van der Waals surface area contributed by atoms with Crippen LogP contribution in [-0.4, -0.2) is 25.3 Å². The van der Waals surface area contributed by atoms with Crippen LogP contribution in [0.4, 0.5) is 13.2 Å². The van der Waals surface area contributed by atoms with Crippen molar-refractivity contribution in [3.63, 3.8) is 0 Å². The Hall–Kier alpha value is -1.92. The van der Waals surface area contributed by atoms with Crippen LogP contribution in [0.25, 0.3) is 0 Å². The standard InChI is InChI=1S/C10H9F3O4/c1-16-8-4-6(10(11,12)13)5(3-7(8)14)9(15)17-2/h3-4,14H,1-2H3. The van der Waals surface area contributed by atoms with E-state index in [-0.39, 0.29) is 5.75 Å². The molecule has 0 heterocycles. The highest BCUT2D eigenvalue weighted by molar-refractivity contribution is 5.92. The molecule has 4 nitrogen and oxygen atoms in total. The zero-order valence-corrected chi connectivity index (χ0v) is 8.96. The fourth-order valence-corrected chi connectivity index (χ4v) is 1.25. The summed E-state index contributed by atoms with van der Waals surface area (Å²) >= 11 is 0. The predicted molar refractivity (Wildman–Crippen MR) is 51.0 cm³/mol. The number of esters is 1. The normalized spacial score (nSPS) is 11.1. The third kappa shape index (κ3) is 2.61. The van der Waals surface area contributed by atoms with E-state index in [0.717, 1.165) is 14.2 Å². The molecule has 7 heteroatoms. The zero-order valence-electron chi connectivity index (χ0n) is 8.96. The highest BCUT2D eigenvalue weighted by Crippen LogP contribution is 2.38. The summed E-state index contributed by atoms with van der Waals surface area (Å²) in [6.07, 6.45) is -4.75. The van der Waals surface area contributed by atoms with Crippen molar-refractivity contribution in [2.24, 2.45) is 0 Å². The van der Waals surface area contributed by atoms with Gasteiger partial charge in [-0.25, -0.2) is 4.79 Å². The molecule has 0 atom stereocenters. The van der Waals surface area contributed by atoms with Crippen LogP contribution in [0.5, 0.6) is 11.5 Å². The number of alkyl halides is 3. The number of phenols is 1. The average molecular weight is 250 g/mol. The van der Waals surface area contributed by atoms with E-state index in [1.807, 2.05) is 0 Å². The van der Waals surface area contributed by atoms with Crippen molar-refractivity contribution in [3.8, 4) is 11.5 Å². The minimum absolute atomic E-state index is 0.370. The molecule has 0 aromatic heterocycles. The summed E-state index contributed by atoms with van der Waals surface area (Å²) in [5, 5.41) is 9.33. The summed E-state index contributed by atoms with van der Waals surface area (Å²) in [6, 6.07) is 1.20. The molecule has 17 heavy (non-hydrogen) atoms. The van der Waals surface area contributed by atoms with E-state index < -0.39 is 29.0 Å². The number of carbonyl (C=O) groups excluding carboxylic acids is 1. The maximum absolute atomic E-state index is 12.6. The number of aromatic hydroxyl groups is 1. The number of hydrogen-bond donors (Lipinski definition) is 1. The predicted octanol–water partition coefficient (Wildman–Crippen LogP) is 2.21. The quantitative estimate of drug-likeness (QED) is 0.817. The number of methoxy groups -OCH3 is 2. The van der Waals surface area contributed by atoms with E-state index in [0.29, 0.717) is 12.1 Å². The lowest BCUT2D eigenvalue weighted by molar-refractivity contribution is -0.138. The molecule has 0 radical (unpaired) electrons. The van der Waals surface area contributed by atoms with Crippen LogP contribution in [0.15, 0.2) is 12.1 Å². The molecule has 0 aliphatic heterocycles. The Morgan fingerprint density at radius 2 is 1.88 bits per heavy atom. The Morgan fingerprint density at radius 3 is 2.29 bits per heavy atom. The molecular weight excluding hydrogens is 241 g/mol. The molecule has 0 saturated carbocycles. The van der Waals surface area contributed by atoms with Gasteiger partial charge in [0.2, 0.25) is 0 Å². The third-order valence-corrected chi connectivity index (χ3v) is 2.03. The summed E-state index contributed by atoms with van der Waals surface area (Å²) in [5.74, 6) is -2.12. The number of benzene rings is 1. The second-order valence-corrected chi connectivity index (χ2v) is 3.06. The topological polar surface area (TPSA) is 55.8 Å². The van der Waals surface area contributed by atoms with Gasteiger partial charge in [0.25, 0.3) is 0 Å². The Labute approximate surface area is 94.6 Å². The fourth-order valence-electron chi connectivity index (χ4n) is 1.25. The number of hydrogen-bond acceptors (Lipinski definition) is 4. The van der Waals surface area contributed by atoms with Gasteiger partial charge in [-0.3, -0.25) is 0 Å². The van der Waals surface area contributed by atoms with Crippen LogP contribution in [0.3, 0.4) is 0 Å². The SMILES string of the molecule is COC(=O)c1cc(O)c(OC)cc1C(F)(F)F. The smallest absolute Gasteiger partial charge is 0.417 e. The first-order valence-electron chi connectivity index (χ1n) is 4.37. The van der Waals surface area contributed by atoms with Gasteiger partial charge in [0.1, 0.15) is 0 Å². The lowest BCUT2D eigenvalue weighted by Crippen LogP contribution is -2.14. The number of phenolic OH excluding ortho intramolecular Hbond substituents is 1. The molecule has 1 N–H and O–H groups in total. The highest BCUT2D eigenvalue weighted by atomic mass is 19.4. The van der Waals surface area contributed by atoms with Gasteiger partial charge in [0.05, 0.1) is 25.3 Å². The Balaban J connectivity index is 3.47. The van der Waals surface area contributed by atoms with E-state index in [2.05, 4.69) is 9.47 Å².